The number of hydrogen-bond acceptors (Lipinski definition) is 7. The molecular weight excluding hydrogens is 630 g/mol. The van der Waals surface area contributed by atoms with Crippen molar-refractivity contribution in [2.75, 3.05) is 19.7 Å². The van der Waals surface area contributed by atoms with E-state index < -0.39 is 24.2 Å². The van der Waals surface area contributed by atoms with Gasteiger partial charge >= 0.3 is 12.5 Å². The summed E-state index contributed by atoms with van der Waals surface area (Å²) in [4.78, 5) is 18.5. The fraction of sp³-hybridized carbons (Fsp3) is 0.400. The van der Waals surface area contributed by atoms with E-state index in [-0.39, 0.29) is 12.5 Å². The summed E-state index contributed by atoms with van der Waals surface area (Å²) in [5.74, 6) is -0.370. The van der Waals surface area contributed by atoms with Gasteiger partial charge in [-0.15, -0.1) is 11.3 Å². The van der Waals surface area contributed by atoms with Crippen molar-refractivity contribution >= 4 is 50.0 Å². The Balaban J connectivity index is 1.56. The van der Waals surface area contributed by atoms with E-state index in [4.69, 9.17) is 26.1 Å². The van der Waals surface area contributed by atoms with Gasteiger partial charge in [0.05, 0.1) is 33.6 Å². The van der Waals surface area contributed by atoms with E-state index in [0.29, 0.717) is 21.8 Å². The van der Waals surface area contributed by atoms with Gasteiger partial charge in [0, 0.05) is 33.0 Å². The summed E-state index contributed by atoms with van der Waals surface area (Å²) < 4.78 is 41.7. The smallest absolute Gasteiger partial charge is 0.339 e. The molecule has 0 unspecified atom stereocenters. The summed E-state index contributed by atoms with van der Waals surface area (Å²) in [6, 6.07) is 14.9. The Bertz CT molecular complexity index is 1890. The van der Waals surface area contributed by atoms with E-state index in [9.17, 15) is 13.6 Å². The number of fused-ring (bicyclic) bond motifs is 2. The van der Waals surface area contributed by atoms with Crippen molar-refractivity contribution in [2.45, 2.75) is 71.6 Å². The number of carbonyl (C=O) groups is 1. The second kappa shape index (κ2) is 13.0. The SMILES string of the molecule is CCOC(=O)[C@@H](OC(C)(C)C)c1c(C)cc2nc(-c3ccc4c(c3)c(C3CCNCC3)nn4C(F)F)sc2c1-c1ccc(Cl)cc1. The first-order valence-electron chi connectivity index (χ1n) is 15.5. The Kier molecular flexibility index (Phi) is 9.17. The molecule has 3 aromatic carbocycles. The Hall–Kier alpha value is -3.44. The predicted molar refractivity (Wildman–Crippen MR) is 180 cm³/mol. The summed E-state index contributed by atoms with van der Waals surface area (Å²) in [6.45, 7) is 8.57. The van der Waals surface area contributed by atoms with Gasteiger partial charge in [0.25, 0.3) is 0 Å². The van der Waals surface area contributed by atoms with Crippen LogP contribution in [0.15, 0.2) is 48.5 Å². The van der Waals surface area contributed by atoms with Crippen molar-refractivity contribution < 1.29 is 23.0 Å². The Morgan fingerprint density at radius 1 is 1.11 bits per heavy atom. The lowest BCUT2D eigenvalue weighted by Crippen LogP contribution is -2.29. The van der Waals surface area contributed by atoms with E-state index >= 15 is 0 Å². The van der Waals surface area contributed by atoms with Crippen LogP contribution in [0.4, 0.5) is 8.78 Å². The fourth-order valence-electron chi connectivity index (χ4n) is 6.22. The van der Waals surface area contributed by atoms with Gasteiger partial charge in [-0.2, -0.15) is 13.9 Å². The standard InChI is InChI=1S/C35H37ClF2N4O3S/c1-6-44-33(43)30(45-35(3,4)5)27-19(2)17-25-31(28(27)20-7-10-23(36)11-8-20)46-32(40-25)22-9-12-26-24(18-22)29(41-42(26)34(37)38)21-13-15-39-16-14-21/h7-12,17-18,21,30,34,39H,6,13-16H2,1-5H3/t30-/m0/s1. The van der Waals surface area contributed by atoms with Crippen molar-refractivity contribution in [3.8, 4) is 21.7 Å². The van der Waals surface area contributed by atoms with E-state index in [1.54, 1.807) is 13.0 Å². The van der Waals surface area contributed by atoms with Gasteiger partial charge in [-0.05, 0) is 108 Å². The number of carbonyl (C=O) groups excluding carboxylic acids is 1. The summed E-state index contributed by atoms with van der Waals surface area (Å²) >= 11 is 7.77. The third-order valence-corrected chi connectivity index (χ3v) is 9.58. The summed E-state index contributed by atoms with van der Waals surface area (Å²) in [6.07, 6.45) is 0.696. The zero-order valence-corrected chi connectivity index (χ0v) is 28.1. The van der Waals surface area contributed by atoms with Crippen molar-refractivity contribution in [3.63, 3.8) is 0 Å². The molecular formula is C35H37ClF2N4O3S. The van der Waals surface area contributed by atoms with Gasteiger partial charge in [-0.25, -0.2) is 14.5 Å². The van der Waals surface area contributed by atoms with Crippen LogP contribution in [0.2, 0.25) is 5.02 Å². The average molecular weight is 667 g/mol. The number of thiazole rings is 1. The quantitative estimate of drug-likeness (QED) is 0.166. The number of esters is 1. The molecule has 0 radical (unpaired) electrons. The topological polar surface area (TPSA) is 78.3 Å². The highest BCUT2D eigenvalue weighted by atomic mass is 35.5. The minimum atomic E-state index is -2.74. The molecule has 6 rings (SSSR count). The van der Waals surface area contributed by atoms with E-state index in [1.165, 1.54) is 11.3 Å². The first kappa shape index (κ1) is 32.5. The van der Waals surface area contributed by atoms with Gasteiger partial charge in [0.15, 0.2) is 6.10 Å². The summed E-state index contributed by atoms with van der Waals surface area (Å²) in [5.41, 5.74) is 5.26. The lowest BCUT2D eigenvalue weighted by Gasteiger charge is -2.29. The molecule has 1 aliphatic rings. The van der Waals surface area contributed by atoms with Crippen LogP contribution in [0.25, 0.3) is 42.8 Å². The van der Waals surface area contributed by atoms with E-state index in [2.05, 4.69) is 10.4 Å². The molecule has 1 atom stereocenters. The van der Waals surface area contributed by atoms with Gasteiger partial charge in [-0.3, -0.25) is 0 Å². The fourth-order valence-corrected chi connectivity index (χ4v) is 7.46. The third-order valence-electron chi connectivity index (χ3n) is 8.19. The molecule has 1 saturated heterocycles. The minimum absolute atomic E-state index is 0.0960. The van der Waals surface area contributed by atoms with Crippen LogP contribution >= 0.6 is 22.9 Å². The molecule has 0 spiro atoms. The first-order chi connectivity index (χ1) is 21.9. The minimum Gasteiger partial charge on any atom is -0.464 e. The Labute approximate surface area is 275 Å². The number of nitrogens with one attached hydrogen (secondary N) is 1. The Morgan fingerprint density at radius 3 is 2.46 bits per heavy atom. The van der Waals surface area contributed by atoms with Crippen LogP contribution in [0.3, 0.4) is 0 Å². The lowest BCUT2D eigenvalue weighted by molar-refractivity contribution is -0.166. The highest BCUT2D eigenvalue weighted by Gasteiger charge is 2.34. The highest BCUT2D eigenvalue weighted by molar-refractivity contribution is 7.22. The van der Waals surface area contributed by atoms with Gasteiger partial charge < -0.3 is 14.8 Å². The van der Waals surface area contributed by atoms with Crippen LogP contribution < -0.4 is 5.32 Å². The number of aromatic nitrogens is 3. The zero-order valence-electron chi connectivity index (χ0n) is 26.5. The molecule has 242 valence electrons. The second-order valence-electron chi connectivity index (χ2n) is 12.6. The van der Waals surface area contributed by atoms with Gasteiger partial charge in [-0.1, -0.05) is 23.7 Å². The van der Waals surface area contributed by atoms with Crippen molar-refractivity contribution in [1.29, 1.82) is 0 Å². The first-order valence-corrected chi connectivity index (χ1v) is 16.7. The molecule has 3 heterocycles. The number of aryl methyl sites for hydroxylation is 1. The van der Waals surface area contributed by atoms with Crippen LogP contribution in [0.5, 0.6) is 0 Å². The van der Waals surface area contributed by atoms with Crippen LogP contribution in [0.1, 0.15) is 75.9 Å². The van der Waals surface area contributed by atoms with Crippen molar-refractivity contribution in [3.05, 3.63) is 70.4 Å². The molecule has 1 N–H and O–H groups in total. The number of hydrogen-bond donors (Lipinski definition) is 1. The molecule has 1 aliphatic heterocycles. The van der Waals surface area contributed by atoms with Gasteiger partial charge in [0.1, 0.15) is 5.01 Å². The molecule has 2 aromatic heterocycles. The second-order valence-corrected chi connectivity index (χ2v) is 14.0. The normalized spacial score (nSPS) is 15.2. The monoisotopic (exact) mass is 666 g/mol. The van der Waals surface area contributed by atoms with E-state index in [0.717, 1.165) is 73.5 Å². The number of halogens is 3. The predicted octanol–water partition coefficient (Wildman–Crippen LogP) is 9.22. The van der Waals surface area contributed by atoms with Crippen LogP contribution in [-0.2, 0) is 14.3 Å². The number of piperidine rings is 1. The van der Waals surface area contributed by atoms with Crippen LogP contribution in [0, 0.1) is 6.92 Å². The number of nitrogens with zero attached hydrogens (tertiary/aromatic N) is 3. The van der Waals surface area contributed by atoms with Gasteiger partial charge in [0.2, 0.25) is 0 Å². The molecule has 0 amide bonds. The molecule has 0 bridgehead atoms. The maximum Gasteiger partial charge on any atom is 0.339 e. The van der Waals surface area contributed by atoms with Crippen LogP contribution in [-0.4, -0.2) is 46.0 Å². The summed E-state index contributed by atoms with van der Waals surface area (Å²) in [7, 11) is 0. The van der Waals surface area contributed by atoms with E-state index in [1.807, 2.05) is 70.2 Å². The number of benzene rings is 3. The number of ether oxygens (including phenoxy) is 2. The largest absolute Gasteiger partial charge is 0.464 e. The summed E-state index contributed by atoms with van der Waals surface area (Å²) in [5, 5.41) is 9.80. The molecule has 46 heavy (non-hydrogen) atoms. The Morgan fingerprint density at radius 2 is 1.80 bits per heavy atom. The molecule has 11 heteroatoms. The average Bonchev–Trinajstić information content (AvgIpc) is 3.61. The number of rotatable bonds is 8. The maximum absolute atomic E-state index is 14.0. The lowest BCUT2D eigenvalue weighted by atomic mass is 9.91. The highest BCUT2D eigenvalue weighted by Crippen LogP contribution is 2.45. The molecule has 0 aliphatic carbocycles. The molecule has 0 saturated carbocycles. The molecule has 1 fully saturated rings. The maximum atomic E-state index is 14.0. The number of alkyl halides is 2. The van der Waals surface area contributed by atoms with Crippen molar-refractivity contribution in [1.82, 2.24) is 20.1 Å². The zero-order chi connectivity index (χ0) is 32.7. The molecule has 7 nitrogen and oxygen atoms in total. The van der Waals surface area contributed by atoms with Crippen molar-refractivity contribution in [2.24, 2.45) is 0 Å². The third kappa shape index (κ3) is 6.40. The molecule has 5 aromatic rings.